The molecule has 0 aliphatic heterocycles. The lowest BCUT2D eigenvalue weighted by molar-refractivity contribution is 0.101. The molecule has 2 aromatic rings. The van der Waals surface area contributed by atoms with Crippen LogP contribution in [0.15, 0.2) is 6.20 Å². The van der Waals surface area contributed by atoms with E-state index in [-0.39, 0.29) is 5.78 Å². The van der Waals surface area contributed by atoms with Crippen LogP contribution in [0.25, 0.3) is 0 Å². The van der Waals surface area contributed by atoms with Crippen LogP contribution in [0.3, 0.4) is 0 Å². The fourth-order valence-corrected chi connectivity index (χ4v) is 2.75. The highest BCUT2D eigenvalue weighted by atomic mass is 32.1. The minimum absolute atomic E-state index is 0.0330. The lowest BCUT2D eigenvalue weighted by Crippen LogP contribution is -1.99. The molecule has 0 aliphatic rings. The largest absolute Gasteiger partial charge is 0.343 e. The minimum Gasteiger partial charge on any atom is -0.343 e. The Balaban J connectivity index is 2.37. The van der Waals surface area contributed by atoms with Crippen molar-refractivity contribution in [2.75, 3.05) is 5.32 Å². The van der Waals surface area contributed by atoms with Gasteiger partial charge in [0, 0.05) is 13.2 Å². The van der Waals surface area contributed by atoms with Crippen LogP contribution >= 0.6 is 11.5 Å². The summed E-state index contributed by atoms with van der Waals surface area (Å²) in [5, 5.41) is 8.42. The van der Waals surface area contributed by atoms with E-state index in [0.29, 0.717) is 5.56 Å². The zero-order valence-corrected chi connectivity index (χ0v) is 11.8. The fourth-order valence-electron chi connectivity index (χ4n) is 1.89. The molecule has 6 heteroatoms. The smallest absolute Gasteiger partial charge is 0.164 e. The zero-order valence-electron chi connectivity index (χ0n) is 10.9. The predicted molar refractivity (Wildman–Crippen MR) is 72.7 cm³/mol. The first kappa shape index (κ1) is 12.8. The van der Waals surface area contributed by atoms with Gasteiger partial charge in [0.2, 0.25) is 0 Å². The quantitative estimate of drug-likeness (QED) is 0.862. The molecule has 18 heavy (non-hydrogen) atoms. The maximum atomic E-state index is 11.6. The topological polar surface area (TPSA) is 59.8 Å². The third-order valence-corrected chi connectivity index (χ3v) is 3.56. The van der Waals surface area contributed by atoms with Crippen LogP contribution in [-0.4, -0.2) is 19.9 Å². The third-order valence-electron chi connectivity index (χ3n) is 2.70. The van der Waals surface area contributed by atoms with Crippen molar-refractivity contribution in [1.29, 1.82) is 0 Å². The van der Waals surface area contributed by atoms with Crippen LogP contribution in [0.4, 0.5) is 10.7 Å². The Bertz CT molecular complexity index is 585. The number of anilines is 2. The molecule has 0 fully saturated rings. The van der Waals surface area contributed by atoms with Crippen molar-refractivity contribution >= 4 is 28.0 Å². The van der Waals surface area contributed by atoms with Gasteiger partial charge < -0.3 is 5.32 Å². The van der Waals surface area contributed by atoms with E-state index in [9.17, 15) is 4.79 Å². The third kappa shape index (κ3) is 2.28. The molecule has 2 heterocycles. The SMILES string of the molecule is CCc1nn(C)cc1Nc1snc(C)c1C(C)=O. The molecule has 0 aromatic carbocycles. The number of nitrogens with one attached hydrogen (secondary N) is 1. The number of ketones is 1. The molecule has 2 rings (SSSR count). The number of rotatable bonds is 4. The standard InChI is InChI=1S/C12H16N4OS/c1-5-9-10(6-16(4)14-9)13-12-11(8(3)17)7(2)15-18-12/h6,13H,5H2,1-4H3. The average Bonchev–Trinajstić information content (AvgIpc) is 2.82. The minimum atomic E-state index is 0.0330. The molecule has 0 aliphatic carbocycles. The maximum Gasteiger partial charge on any atom is 0.164 e. The van der Waals surface area contributed by atoms with Gasteiger partial charge in [-0.3, -0.25) is 9.48 Å². The number of aromatic nitrogens is 3. The highest BCUT2D eigenvalue weighted by Gasteiger charge is 2.16. The first-order chi connectivity index (χ1) is 8.52. The Morgan fingerprint density at radius 2 is 2.28 bits per heavy atom. The molecule has 0 saturated carbocycles. The predicted octanol–water partition coefficient (Wildman–Crippen LogP) is 2.69. The molecule has 0 spiro atoms. The van der Waals surface area contributed by atoms with Gasteiger partial charge in [-0.2, -0.15) is 9.47 Å². The van der Waals surface area contributed by atoms with E-state index in [2.05, 4.69) is 21.7 Å². The van der Waals surface area contributed by atoms with Crippen LogP contribution in [0.5, 0.6) is 0 Å². The fraction of sp³-hybridized carbons (Fsp3) is 0.417. The molecular weight excluding hydrogens is 248 g/mol. The van der Waals surface area contributed by atoms with Crippen molar-refractivity contribution < 1.29 is 4.79 Å². The number of carbonyl (C=O) groups excluding carboxylic acids is 1. The van der Waals surface area contributed by atoms with Crippen molar-refractivity contribution in [2.45, 2.75) is 27.2 Å². The second-order valence-corrected chi connectivity index (χ2v) is 4.94. The Morgan fingerprint density at radius 1 is 1.56 bits per heavy atom. The Morgan fingerprint density at radius 3 is 2.89 bits per heavy atom. The number of aryl methyl sites for hydroxylation is 3. The molecule has 0 atom stereocenters. The van der Waals surface area contributed by atoms with Crippen LogP contribution in [0, 0.1) is 6.92 Å². The van der Waals surface area contributed by atoms with E-state index in [1.54, 1.807) is 11.6 Å². The summed E-state index contributed by atoms with van der Waals surface area (Å²) in [6, 6.07) is 0. The Kier molecular flexibility index (Phi) is 3.47. The van der Waals surface area contributed by atoms with Gasteiger partial charge in [0.05, 0.1) is 22.6 Å². The number of hydrogen-bond acceptors (Lipinski definition) is 5. The summed E-state index contributed by atoms with van der Waals surface area (Å²) in [5.74, 6) is 0.0330. The molecule has 0 saturated heterocycles. The van der Waals surface area contributed by atoms with E-state index < -0.39 is 0 Å². The van der Waals surface area contributed by atoms with E-state index in [1.165, 1.54) is 11.5 Å². The summed E-state index contributed by atoms with van der Waals surface area (Å²) in [5.41, 5.74) is 3.37. The number of carbonyl (C=O) groups is 1. The molecule has 0 radical (unpaired) electrons. The van der Waals surface area contributed by atoms with Crippen molar-refractivity contribution in [1.82, 2.24) is 14.2 Å². The number of Topliss-reactive ketones (excluding diaryl/α,β-unsaturated/α-hetero) is 1. The van der Waals surface area contributed by atoms with Gasteiger partial charge in [-0.25, -0.2) is 0 Å². The molecule has 0 amide bonds. The Hall–Kier alpha value is -1.69. The average molecular weight is 264 g/mol. The Labute approximate surface area is 110 Å². The summed E-state index contributed by atoms with van der Waals surface area (Å²) < 4.78 is 5.99. The summed E-state index contributed by atoms with van der Waals surface area (Å²) in [7, 11) is 1.88. The van der Waals surface area contributed by atoms with E-state index in [1.807, 2.05) is 20.2 Å². The molecule has 2 aromatic heterocycles. The highest BCUT2D eigenvalue weighted by Crippen LogP contribution is 2.29. The van der Waals surface area contributed by atoms with Gasteiger partial charge in [-0.15, -0.1) is 0 Å². The van der Waals surface area contributed by atoms with Crippen LogP contribution in [0.2, 0.25) is 0 Å². The normalized spacial score (nSPS) is 10.7. The van der Waals surface area contributed by atoms with Gasteiger partial charge in [-0.05, 0) is 31.8 Å². The van der Waals surface area contributed by atoms with Gasteiger partial charge >= 0.3 is 0 Å². The van der Waals surface area contributed by atoms with Gasteiger partial charge in [0.25, 0.3) is 0 Å². The molecular formula is C12H16N4OS. The zero-order chi connectivity index (χ0) is 13.3. The van der Waals surface area contributed by atoms with E-state index >= 15 is 0 Å². The lowest BCUT2D eigenvalue weighted by atomic mass is 10.2. The number of hydrogen-bond donors (Lipinski definition) is 1. The molecule has 5 nitrogen and oxygen atoms in total. The molecule has 96 valence electrons. The van der Waals surface area contributed by atoms with E-state index in [4.69, 9.17) is 0 Å². The van der Waals surface area contributed by atoms with Gasteiger partial charge in [0.1, 0.15) is 5.00 Å². The molecule has 1 N–H and O–H groups in total. The second kappa shape index (κ2) is 4.89. The second-order valence-electron chi connectivity index (χ2n) is 4.17. The van der Waals surface area contributed by atoms with Gasteiger partial charge in [-0.1, -0.05) is 6.92 Å². The summed E-state index contributed by atoms with van der Waals surface area (Å²) in [4.78, 5) is 11.6. The van der Waals surface area contributed by atoms with Gasteiger partial charge in [0.15, 0.2) is 5.78 Å². The maximum absolute atomic E-state index is 11.6. The van der Waals surface area contributed by atoms with Crippen molar-refractivity contribution in [3.8, 4) is 0 Å². The van der Waals surface area contributed by atoms with Crippen LogP contribution in [-0.2, 0) is 13.5 Å². The summed E-state index contributed by atoms with van der Waals surface area (Å²) in [6.07, 6.45) is 2.76. The highest BCUT2D eigenvalue weighted by molar-refractivity contribution is 7.10. The number of nitrogens with zero attached hydrogens (tertiary/aromatic N) is 3. The van der Waals surface area contributed by atoms with Crippen molar-refractivity contribution in [2.24, 2.45) is 7.05 Å². The molecule has 0 bridgehead atoms. The van der Waals surface area contributed by atoms with Crippen molar-refractivity contribution in [3.05, 3.63) is 23.1 Å². The molecule has 0 unspecified atom stereocenters. The summed E-state index contributed by atoms with van der Waals surface area (Å²) in [6.45, 7) is 5.46. The summed E-state index contributed by atoms with van der Waals surface area (Å²) >= 11 is 1.31. The monoisotopic (exact) mass is 264 g/mol. The van der Waals surface area contributed by atoms with Crippen LogP contribution < -0.4 is 5.32 Å². The van der Waals surface area contributed by atoms with Crippen LogP contribution in [0.1, 0.15) is 35.6 Å². The van der Waals surface area contributed by atoms with Crippen molar-refractivity contribution in [3.63, 3.8) is 0 Å². The lowest BCUT2D eigenvalue weighted by Gasteiger charge is -2.04. The first-order valence-corrected chi connectivity index (χ1v) is 6.57. The van der Waals surface area contributed by atoms with E-state index in [0.717, 1.165) is 28.5 Å². The first-order valence-electron chi connectivity index (χ1n) is 5.79.